The Morgan fingerprint density at radius 1 is 1.60 bits per heavy atom. The van der Waals surface area contributed by atoms with Crippen molar-refractivity contribution in [1.29, 1.82) is 0 Å². The van der Waals surface area contributed by atoms with E-state index in [0.717, 1.165) is 0 Å². The van der Waals surface area contributed by atoms with Gasteiger partial charge < -0.3 is 9.84 Å². The summed E-state index contributed by atoms with van der Waals surface area (Å²) >= 11 is 3.21. The van der Waals surface area contributed by atoms with Crippen LogP contribution in [0.15, 0.2) is 18.2 Å². The van der Waals surface area contributed by atoms with E-state index >= 15 is 0 Å². The lowest BCUT2D eigenvalue weighted by atomic mass is 10.0. The summed E-state index contributed by atoms with van der Waals surface area (Å²) in [7, 11) is 1.54. The zero-order valence-electron chi connectivity index (χ0n) is 8.66. The Morgan fingerprint density at radius 2 is 2.27 bits per heavy atom. The summed E-state index contributed by atoms with van der Waals surface area (Å²) in [5.41, 5.74) is 1.12. The van der Waals surface area contributed by atoms with Crippen LogP contribution in [0.5, 0.6) is 5.75 Å². The Morgan fingerprint density at radius 3 is 2.73 bits per heavy atom. The largest absolute Gasteiger partial charge is 0.497 e. The first-order valence-electron chi connectivity index (χ1n) is 4.56. The van der Waals surface area contributed by atoms with E-state index in [0.29, 0.717) is 16.9 Å². The van der Waals surface area contributed by atoms with Gasteiger partial charge in [0.1, 0.15) is 5.75 Å². The number of methoxy groups -OCH3 is 1. The maximum absolute atomic E-state index is 11.8. The van der Waals surface area contributed by atoms with Crippen LogP contribution in [0.3, 0.4) is 0 Å². The molecule has 1 aromatic rings. The predicted molar refractivity (Wildman–Crippen MR) is 61.6 cm³/mol. The molecule has 0 spiro atoms. The Hall–Kier alpha value is -0.870. The fraction of sp³-hybridized carbons (Fsp3) is 0.364. The normalized spacial score (nSPS) is 12.3. The lowest BCUT2D eigenvalue weighted by Gasteiger charge is -2.09. The quantitative estimate of drug-likeness (QED) is 0.675. The lowest BCUT2D eigenvalue weighted by Crippen LogP contribution is -2.12. The van der Waals surface area contributed by atoms with E-state index in [1.807, 2.05) is 0 Å². The van der Waals surface area contributed by atoms with Crippen molar-refractivity contribution in [3.05, 3.63) is 29.3 Å². The summed E-state index contributed by atoms with van der Waals surface area (Å²) in [6, 6.07) is 5.06. The summed E-state index contributed by atoms with van der Waals surface area (Å²) in [6.45, 7) is 1.60. The number of aliphatic hydroxyl groups is 1. The molecular formula is C11H13BrO3. The molecule has 0 radical (unpaired) electrons. The number of carbonyl (C=O) groups is 1. The molecule has 0 bridgehead atoms. The monoisotopic (exact) mass is 272 g/mol. The molecule has 0 fully saturated rings. The highest BCUT2D eigenvalue weighted by molar-refractivity contribution is 9.10. The number of hydrogen-bond donors (Lipinski definition) is 1. The van der Waals surface area contributed by atoms with E-state index in [-0.39, 0.29) is 17.2 Å². The van der Waals surface area contributed by atoms with Crippen LogP contribution in [0.4, 0.5) is 0 Å². The first-order chi connectivity index (χ1) is 7.10. The summed E-state index contributed by atoms with van der Waals surface area (Å²) in [6.07, 6.45) is 0. The molecular weight excluding hydrogens is 260 g/mol. The average molecular weight is 273 g/mol. The van der Waals surface area contributed by atoms with Gasteiger partial charge in [0.15, 0.2) is 5.78 Å². The van der Waals surface area contributed by atoms with E-state index in [4.69, 9.17) is 9.84 Å². The van der Waals surface area contributed by atoms with Crippen LogP contribution >= 0.6 is 15.9 Å². The molecule has 4 heteroatoms. The highest BCUT2D eigenvalue weighted by atomic mass is 79.9. The van der Waals surface area contributed by atoms with Crippen molar-refractivity contribution < 1.29 is 14.6 Å². The first kappa shape index (κ1) is 12.2. The molecule has 1 atom stereocenters. The predicted octanol–water partition coefficient (Wildman–Crippen LogP) is 2.15. The molecule has 0 aliphatic rings. The number of benzene rings is 1. The van der Waals surface area contributed by atoms with Gasteiger partial charge in [0, 0.05) is 5.56 Å². The molecule has 0 saturated carbocycles. The van der Waals surface area contributed by atoms with Gasteiger partial charge >= 0.3 is 0 Å². The number of carbonyl (C=O) groups excluding carboxylic acids is 1. The zero-order valence-corrected chi connectivity index (χ0v) is 10.2. The third-order valence-corrected chi connectivity index (χ3v) is 2.53. The molecule has 1 rings (SSSR count). The Bertz CT molecular complexity index is 361. The number of alkyl halides is 1. The van der Waals surface area contributed by atoms with E-state index < -0.39 is 0 Å². The SMILES string of the molecule is COc1ccc(CO)c(C(=O)C(C)Br)c1. The van der Waals surface area contributed by atoms with Crippen LogP contribution < -0.4 is 4.74 Å². The van der Waals surface area contributed by atoms with Crippen LogP contribution in [0.2, 0.25) is 0 Å². The standard InChI is InChI=1S/C11H13BrO3/c1-7(12)11(14)10-5-9(15-2)4-3-8(10)6-13/h3-5,7,13H,6H2,1-2H3. The topological polar surface area (TPSA) is 46.5 Å². The second-order valence-electron chi connectivity index (χ2n) is 3.16. The molecule has 0 aliphatic carbocycles. The van der Waals surface area contributed by atoms with Crippen molar-refractivity contribution in [2.75, 3.05) is 7.11 Å². The number of rotatable bonds is 4. The minimum absolute atomic E-state index is 0.0575. The van der Waals surface area contributed by atoms with Gasteiger partial charge in [0.2, 0.25) is 0 Å². The van der Waals surface area contributed by atoms with Crippen molar-refractivity contribution in [2.24, 2.45) is 0 Å². The van der Waals surface area contributed by atoms with Gasteiger partial charge in [0.05, 0.1) is 18.5 Å². The van der Waals surface area contributed by atoms with E-state index in [1.165, 1.54) is 0 Å². The molecule has 0 amide bonds. The third-order valence-electron chi connectivity index (χ3n) is 2.11. The van der Waals surface area contributed by atoms with Gasteiger partial charge in [-0.25, -0.2) is 0 Å². The number of Topliss-reactive ketones (excluding diaryl/α,β-unsaturated/α-hetero) is 1. The molecule has 15 heavy (non-hydrogen) atoms. The van der Waals surface area contributed by atoms with Crippen LogP contribution in [0.25, 0.3) is 0 Å². The number of hydrogen-bond acceptors (Lipinski definition) is 3. The fourth-order valence-electron chi connectivity index (χ4n) is 1.26. The maximum atomic E-state index is 11.8. The van der Waals surface area contributed by atoms with Gasteiger partial charge in [0.25, 0.3) is 0 Å². The number of aliphatic hydroxyl groups excluding tert-OH is 1. The van der Waals surface area contributed by atoms with E-state index in [2.05, 4.69) is 15.9 Å². The minimum atomic E-state index is -0.269. The molecule has 1 unspecified atom stereocenters. The fourth-order valence-corrected chi connectivity index (χ4v) is 1.51. The Kier molecular flexibility index (Phi) is 4.29. The summed E-state index contributed by atoms with van der Waals surface area (Å²) in [4.78, 5) is 11.5. The zero-order chi connectivity index (χ0) is 11.4. The smallest absolute Gasteiger partial charge is 0.176 e. The van der Waals surface area contributed by atoms with Crippen molar-refractivity contribution in [3.8, 4) is 5.75 Å². The highest BCUT2D eigenvalue weighted by Crippen LogP contribution is 2.21. The van der Waals surface area contributed by atoms with Crippen molar-refractivity contribution in [1.82, 2.24) is 0 Å². The van der Waals surface area contributed by atoms with Crippen LogP contribution in [-0.4, -0.2) is 22.8 Å². The molecule has 3 nitrogen and oxygen atoms in total. The second kappa shape index (κ2) is 5.28. The van der Waals surface area contributed by atoms with Gasteiger partial charge in [-0.15, -0.1) is 0 Å². The number of ketones is 1. The highest BCUT2D eigenvalue weighted by Gasteiger charge is 2.16. The first-order valence-corrected chi connectivity index (χ1v) is 5.47. The molecule has 0 saturated heterocycles. The van der Waals surface area contributed by atoms with Crippen molar-refractivity contribution >= 4 is 21.7 Å². The van der Waals surface area contributed by atoms with E-state index in [9.17, 15) is 4.79 Å². The third kappa shape index (κ3) is 2.79. The van der Waals surface area contributed by atoms with Gasteiger partial charge in [-0.05, 0) is 24.6 Å². The molecule has 1 aromatic carbocycles. The number of ether oxygens (including phenoxy) is 1. The molecule has 0 aromatic heterocycles. The Labute approximate surface area is 97.2 Å². The molecule has 1 N–H and O–H groups in total. The Balaban J connectivity index is 3.17. The number of halogens is 1. The van der Waals surface area contributed by atoms with Crippen molar-refractivity contribution in [2.45, 2.75) is 18.4 Å². The van der Waals surface area contributed by atoms with Crippen LogP contribution in [0, 0.1) is 0 Å². The lowest BCUT2D eigenvalue weighted by molar-refractivity contribution is 0.0992. The molecule has 0 heterocycles. The van der Waals surface area contributed by atoms with Crippen molar-refractivity contribution in [3.63, 3.8) is 0 Å². The van der Waals surface area contributed by atoms with Gasteiger partial charge in [-0.2, -0.15) is 0 Å². The second-order valence-corrected chi connectivity index (χ2v) is 4.53. The van der Waals surface area contributed by atoms with Crippen LogP contribution in [0.1, 0.15) is 22.8 Å². The average Bonchev–Trinajstić information content (AvgIpc) is 2.27. The summed E-state index contributed by atoms with van der Waals surface area (Å²) in [5.74, 6) is 0.557. The van der Waals surface area contributed by atoms with E-state index in [1.54, 1.807) is 32.2 Å². The van der Waals surface area contributed by atoms with Gasteiger partial charge in [-0.3, -0.25) is 4.79 Å². The molecule has 0 aliphatic heterocycles. The van der Waals surface area contributed by atoms with Gasteiger partial charge in [-0.1, -0.05) is 22.0 Å². The summed E-state index contributed by atoms with van der Waals surface area (Å²) in [5, 5.41) is 9.10. The summed E-state index contributed by atoms with van der Waals surface area (Å²) < 4.78 is 5.04. The van der Waals surface area contributed by atoms with Crippen LogP contribution in [-0.2, 0) is 6.61 Å². The minimum Gasteiger partial charge on any atom is -0.497 e. The molecule has 82 valence electrons. The maximum Gasteiger partial charge on any atom is 0.176 e.